The zero-order valence-electron chi connectivity index (χ0n) is 22.9. The maximum absolute atomic E-state index is 11.9. The molecule has 240 valence electrons. The largest absolute Gasteiger partial charge is 0.472 e. The van der Waals surface area contributed by atoms with E-state index in [4.69, 9.17) is 45.8 Å². The van der Waals surface area contributed by atoms with E-state index in [2.05, 4.69) is 27.7 Å². The van der Waals surface area contributed by atoms with Gasteiger partial charge in [-0.05, 0) is 24.7 Å². The molecule has 0 amide bonds. The first-order chi connectivity index (χ1) is 14.0. The second-order valence-electron chi connectivity index (χ2n) is 6.85. The lowest BCUT2D eigenvalue weighted by Crippen LogP contribution is -2.12. The Bertz CT molecular complexity index is 591. The highest BCUT2D eigenvalue weighted by Gasteiger charge is 2.24. The maximum atomic E-state index is 11.9. The third-order valence-corrected chi connectivity index (χ3v) is 4.98. The minimum atomic E-state index is -4.67. The first kappa shape index (κ1) is 61.1. The first-order valence-electron chi connectivity index (χ1n) is 10.1. The van der Waals surface area contributed by atoms with E-state index in [1.165, 1.54) is 0 Å². The molecule has 0 aromatic rings. The first-order valence-corrected chi connectivity index (χ1v) is 14.5. The average Bonchev–Trinajstić information content (AvgIpc) is 2.59. The molecule has 2 unspecified atom stereocenters. The van der Waals surface area contributed by atoms with Gasteiger partial charge >= 0.3 is 26.0 Å². The molecular formula is C16H58N6O12P2S. The summed E-state index contributed by atoms with van der Waals surface area (Å²) in [6, 6.07) is 0. The van der Waals surface area contributed by atoms with Gasteiger partial charge in [0.05, 0.1) is 13.2 Å². The predicted octanol–water partition coefficient (Wildman–Crippen LogP) is 4.94. The fraction of sp³-hybridized carbons (Fsp3) is 1.00. The quantitative estimate of drug-likeness (QED) is 0.0901. The summed E-state index contributed by atoms with van der Waals surface area (Å²) in [6.07, 6.45) is 8.56. The molecule has 0 aliphatic rings. The molecule has 0 heterocycles. The van der Waals surface area contributed by atoms with Gasteiger partial charge in [-0.1, -0.05) is 66.2 Å². The van der Waals surface area contributed by atoms with Crippen molar-refractivity contribution in [3.05, 3.63) is 0 Å². The Morgan fingerprint density at radius 3 is 1.03 bits per heavy atom. The molecule has 2 atom stereocenters. The SMILES string of the molecule is CCCCC(CC)COP(=O)(O)OCC(CC)CCCC.N.N.N.N.N.N.O=P(O)(O)O.O=S(=O)(O)O. The zero-order chi connectivity index (χ0) is 25.1. The fourth-order valence-electron chi connectivity index (χ4n) is 2.23. The zero-order valence-corrected chi connectivity index (χ0v) is 25.5. The van der Waals surface area contributed by atoms with Gasteiger partial charge in [0.15, 0.2) is 0 Å². The third-order valence-electron chi connectivity index (χ3n) is 4.03. The van der Waals surface area contributed by atoms with E-state index in [0.717, 1.165) is 51.4 Å². The molecule has 0 spiro atoms. The van der Waals surface area contributed by atoms with Crippen LogP contribution in [0.15, 0.2) is 0 Å². The molecule has 0 radical (unpaired) electrons. The summed E-state index contributed by atoms with van der Waals surface area (Å²) >= 11 is 0. The Balaban J connectivity index is -0.0000000600. The third kappa shape index (κ3) is 72.2. The van der Waals surface area contributed by atoms with Gasteiger partial charge in [-0.2, -0.15) is 8.42 Å². The number of hydrogen-bond acceptors (Lipinski definition) is 12. The molecular weight excluding hydrogens is 562 g/mol. The van der Waals surface area contributed by atoms with Crippen LogP contribution in [0.25, 0.3) is 0 Å². The van der Waals surface area contributed by atoms with Crippen LogP contribution >= 0.6 is 15.6 Å². The number of unbranched alkanes of at least 4 members (excludes halogenated alkanes) is 2. The average molecular weight is 621 g/mol. The van der Waals surface area contributed by atoms with Crippen LogP contribution in [0.2, 0.25) is 0 Å². The highest BCUT2D eigenvalue weighted by atomic mass is 32.3. The van der Waals surface area contributed by atoms with Gasteiger partial charge in [-0.3, -0.25) is 18.2 Å². The molecule has 0 saturated carbocycles. The lowest BCUT2D eigenvalue weighted by molar-refractivity contribution is 0.110. The van der Waals surface area contributed by atoms with Gasteiger partial charge in [0.2, 0.25) is 0 Å². The van der Waals surface area contributed by atoms with Crippen LogP contribution in [0.1, 0.15) is 79.1 Å². The highest BCUT2D eigenvalue weighted by Crippen LogP contribution is 2.44. The summed E-state index contributed by atoms with van der Waals surface area (Å²) in [7, 11) is -13.2. The van der Waals surface area contributed by atoms with E-state index in [9.17, 15) is 9.46 Å². The van der Waals surface area contributed by atoms with Crippen molar-refractivity contribution in [2.45, 2.75) is 79.1 Å². The van der Waals surface area contributed by atoms with Crippen LogP contribution in [0.3, 0.4) is 0 Å². The molecule has 0 aliphatic heterocycles. The number of rotatable bonds is 14. The molecule has 0 fully saturated rings. The second kappa shape index (κ2) is 33.9. The minimum Gasteiger partial charge on any atom is -0.344 e. The van der Waals surface area contributed by atoms with Crippen LogP contribution in [-0.4, -0.2) is 50.3 Å². The molecule has 18 nitrogen and oxygen atoms in total. The van der Waals surface area contributed by atoms with Crippen LogP contribution in [-0.2, 0) is 28.6 Å². The van der Waals surface area contributed by atoms with Crippen molar-refractivity contribution in [1.82, 2.24) is 36.9 Å². The van der Waals surface area contributed by atoms with Gasteiger partial charge in [-0.25, -0.2) is 9.13 Å². The maximum Gasteiger partial charge on any atom is 0.472 e. The van der Waals surface area contributed by atoms with Crippen molar-refractivity contribution in [2.24, 2.45) is 11.8 Å². The molecule has 0 rings (SSSR count). The van der Waals surface area contributed by atoms with Gasteiger partial charge in [0, 0.05) is 0 Å². The molecule has 0 saturated heterocycles. The predicted molar refractivity (Wildman–Crippen MR) is 147 cm³/mol. The van der Waals surface area contributed by atoms with E-state index in [1.807, 2.05) is 0 Å². The van der Waals surface area contributed by atoms with Gasteiger partial charge in [0.1, 0.15) is 0 Å². The lowest BCUT2D eigenvalue weighted by atomic mass is 10.0. The molecule has 0 bridgehead atoms. The Morgan fingerprint density at radius 1 is 0.649 bits per heavy atom. The molecule has 0 aromatic carbocycles. The summed E-state index contributed by atoms with van der Waals surface area (Å²) in [5, 5.41) is 0. The summed E-state index contributed by atoms with van der Waals surface area (Å²) in [5.74, 6) is 0.687. The van der Waals surface area contributed by atoms with E-state index in [0.29, 0.717) is 25.0 Å². The summed E-state index contributed by atoms with van der Waals surface area (Å²) < 4.78 is 62.7. The Kier molecular flexibility index (Phi) is 55.9. The number of phosphoric ester groups is 1. The monoisotopic (exact) mass is 620 g/mol. The van der Waals surface area contributed by atoms with E-state index < -0.39 is 26.0 Å². The van der Waals surface area contributed by atoms with Crippen molar-refractivity contribution in [2.75, 3.05) is 13.2 Å². The molecule has 37 heavy (non-hydrogen) atoms. The van der Waals surface area contributed by atoms with Crippen molar-refractivity contribution < 1.29 is 55.3 Å². The molecule has 21 heteroatoms. The van der Waals surface area contributed by atoms with Crippen LogP contribution in [0.5, 0.6) is 0 Å². The van der Waals surface area contributed by atoms with Crippen LogP contribution < -0.4 is 36.9 Å². The molecule has 0 aliphatic carbocycles. The van der Waals surface area contributed by atoms with Crippen molar-refractivity contribution in [1.29, 1.82) is 0 Å². The topological polar surface area (TPSA) is 418 Å². The van der Waals surface area contributed by atoms with E-state index in [-0.39, 0.29) is 36.9 Å². The summed E-state index contributed by atoms with van der Waals surface area (Å²) in [6.45, 7) is 9.10. The van der Waals surface area contributed by atoms with Crippen molar-refractivity contribution in [3.63, 3.8) is 0 Å². The van der Waals surface area contributed by atoms with E-state index >= 15 is 0 Å². The lowest BCUT2D eigenvalue weighted by Gasteiger charge is -2.20. The number of phosphoric acid groups is 2. The number of hydrogen-bond donors (Lipinski definition) is 12. The smallest absolute Gasteiger partial charge is 0.344 e. The van der Waals surface area contributed by atoms with Gasteiger partial charge < -0.3 is 56.5 Å². The van der Waals surface area contributed by atoms with E-state index in [1.54, 1.807) is 0 Å². The van der Waals surface area contributed by atoms with Crippen molar-refractivity contribution >= 4 is 26.0 Å². The second-order valence-corrected chi connectivity index (χ2v) is 10.2. The Hall–Kier alpha value is -0.150. The normalized spacial score (nSPS) is 13.0. The minimum absolute atomic E-state index is 0. The van der Waals surface area contributed by atoms with Crippen LogP contribution in [0, 0.1) is 11.8 Å². The molecule has 0 aromatic heterocycles. The van der Waals surface area contributed by atoms with Gasteiger partial charge in [-0.15, -0.1) is 0 Å². The summed E-state index contributed by atoms with van der Waals surface area (Å²) in [4.78, 5) is 31.3. The summed E-state index contributed by atoms with van der Waals surface area (Å²) in [5.41, 5.74) is 0. The standard InChI is InChI=1S/C16H35O4P.6H3N.H3O4P.H2O4S/c1-5-9-11-15(7-3)13-19-21(17,18)20-14-16(8-4)12-10-6-2;;;;;;;2*1-5(2,3)4/h15-16H,5-14H2,1-4H3,(H,17,18);6*1H3;(H3,1,2,3,4);(H2,1,2,3,4). The fourth-order valence-corrected chi connectivity index (χ4v) is 3.11. The Labute approximate surface area is 222 Å². The van der Waals surface area contributed by atoms with Gasteiger partial charge in [0.25, 0.3) is 0 Å². The van der Waals surface area contributed by atoms with Crippen LogP contribution in [0.4, 0.5) is 0 Å². The van der Waals surface area contributed by atoms with Crippen molar-refractivity contribution in [3.8, 4) is 0 Å². The highest BCUT2D eigenvalue weighted by molar-refractivity contribution is 7.79. The molecule has 24 N–H and O–H groups in total. The Morgan fingerprint density at radius 2 is 0.865 bits per heavy atom.